The highest BCUT2D eigenvalue weighted by Crippen LogP contribution is 2.27. The maximum Gasteiger partial charge on any atom is 0.131 e. The van der Waals surface area contributed by atoms with Gasteiger partial charge in [0, 0.05) is 29.9 Å². The summed E-state index contributed by atoms with van der Waals surface area (Å²) in [6.45, 7) is 9.47. The number of aryl methyl sites for hydroxylation is 2. The average molecular weight is 233 g/mol. The molecule has 2 N–H and O–H groups in total. The van der Waals surface area contributed by atoms with Gasteiger partial charge in [-0.15, -0.1) is 0 Å². The number of rotatable bonds is 5. The Kier molecular flexibility index (Phi) is 3.67. The number of nitrogens with zero attached hydrogens (tertiary/aromatic N) is 1. The van der Waals surface area contributed by atoms with Gasteiger partial charge < -0.3 is 10.6 Å². The van der Waals surface area contributed by atoms with Gasteiger partial charge in [0.05, 0.1) is 0 Å². The van der Waals surface area contributed by atoms with Crippen LogP contribution in [0.5, 0.6) is 0 Å². The minimum Gasteiger partial charge on any atom is -0.367 e. The highest BCUT2D eigenvalue weighted by Gasteiger charge is 2.23. The Labute approximate surface area is 104 Å². The van der Waals surface area contributed by atoms with Gasteiger partial charge >= 0.3 is 0 Å². The fourth-order valence-electron chi connectivity index (χ4n) is 1.93. The van der Waals surface area contributed by atoms with Crippen LogP contribution >= 0.6 is 0 Å². The van der Waals surface area contributed by atoms with E-state index in [0.717, 1.165) is 18.1 Å². The summed E-state index contributed by atoms with van der Waals surface area (Å²) < 4.78 is 0. The third-order valence-corrected chi connectivity index (χ3v) is 3.08. The summed E-state index contributed by atoms with van der Waals surface area (Å²) in [7, 11) is 0. The van der Waals surface area contributed by atoms with Crippen molar-refractivity contribution in [2.45, 2.75) is 59.2 Å². The Morgan fingerprint density at radius 2 is 2.06 bits per heavy atom. The molecule has 2 rings (SSSR count). The minimum absolute atomic E-state index is 0.504. The second kappa shape index (κ2) is 5.05. The molecule has 1 saturated carbocycles. The molecule has 0 spiro atoms. The van der Waals surface area contributed by atoms with E-state index in [0.29, 0.717) is 12.1 Å². The van der Waals surface area contributed by atoms with E-state index < -0.39 is 0 Å². The first kappa shape index (κ1) is 12.4. The molecule has 0 saturated heterocycles. The largest absolute Gasteiger partial charge is 0.367 e. The van der Waals surface area contributed by atoms with E-state index in [1.54, 1.807) is 0 Å². The van der Waals surface area contributed by atoms with Crippen molar-refractivity contribution in [2.75, 3.05) is 5.32 Å². The lowest BCUT2D eigenvalue weighted by molar-refractivity contribution is 0.587. The summed E-state index contributed by atoms with van der Waals surface area (Å²) in [5.41, 5.74) is 3.74. The molecule has 1 aromatic rings. The zero-order valence-corrected chi connectivity index (χ0v) is 11.3. The zero-order chi connectivity index (χ0) is 12.4. The molecule has 1 heterocycles. The van der Waals surface area contributed by atoms with Crippen LogP contribution in [-0.2, 0) is 6.54 Å². The predicted octanol–water partition coefficient (Wildman–Crippen LogP) is 2.77. The lowest BCUT2D eigenvalue weighted by atomic mass is 10.1. The molecular formula is C14H23N3. The number of nitrogens with one attached hydrogen (secondary N) is 2. The molecule has 1 aromatic heterocycles. The van der Waals surface area contributed by atoms with Crippen molar-refractivity contribution < 1.29 is 0 Å². The molecule has 1 aliphatic rings. The van der Waals surface area contributed by atoms with Crippen LogP contribution in [0.15, 0.2) is 6.07 Å². The van der Waals surface area contributed by atoms with Crippen LogP contribution in [-0.4, -0.2) is 17.1 Å². The van der Waals surface area contributed by atoms with E-state index in [1.807, 2.05) is 0 Å². The molecular weight excluding hydrogens is 210 g/mol. The Morgan fingerprint density at radius 1 is 1.35 bits per heavy atom. The molecule has 94 valence electrons. The monoisotopic (exact) mass is 233 g/mol. The second-order valence-electron chi connectivity index (χ2n) is 5.36. The number of pyridine rings is 1. The van der Waals surface area contributed by atoms with Gasteiger partial charge in [-0.2, -0.15) is 0 Å². The van der Waals surface area contributed by atoms with Crippen molar-refractivity contribution in [2.24, 2.45) is 0 Å². The smallest absolute Gasteiger partial charge is 0.131 e. The fraction of sp³-hybridized carbons (Fsp3) is 0.643. The molecule has 3 nitrogen and oxygen atoms in total. The van der Waals surface area contributed by atoms with Crippen molar-refractivity contribution in [1.29, 1.82) is 0 Å². The summed E-state index contributed by atoms with van der Waals surface area (Å²) in [5.74, 6) is 1.08. The molecule has 0 radical (unpaired) electrons. The quantitative estimate of drug-likeness (QED) is 0.821. The summed E-state index contributed by atoms with van der Waals surface area (Å²) in [6, 6.07) is 3.32. The van der Waals surface area contributed by atoms with Crippen molar-refractivity contribution in [3.05, 3.63) is 22.9 Å². The third-order valence-electron chi connectivity index (χ3n) is 3.08. The molecule has 0 unspecified atom stereocenters. The van der Waals surface area contributed by atoms with E-state index in [4.69, 9.17) is 0 Å². The van der Waals surface area contributed by atoms with E-state index in [1.165, 1.54) is 24.0 Å². The highest BCUT2D eigenvalue weighted by atomic mass is 15.1. The minimum atomic E-state index is 0.504. The number of anilines is 1. The fourth-order valence-corrected chi connectivity index (χ4v) is 1.93. The van der Waals surface area contributed by atoms with Crippen molar-refractivity contribution in [3.8, 4) is 0 Å². The molecule has 17 heavy (non-hydrogen) atoms. The third kappa shape index (κ3) is 3.43. The predicted molar refractivity (Wildman–Crippen MR) is 72.3 cm³/mol. The summed E-state index contributed by atoms with van der Waals surface area (Å²) in [5, 5.41) is 7.01. The van der Waals surface area contributed by atoms with E-state index >= 15 is 0 Å². The van der Waals surface area contributed by atoms with E-state index in [9.17, 15) is 0 Å². The Balaban J connectivity index is 2.19. The normalized spacial score (nSPS) is 15.4. The standard InChI is InChI=1S/C14H23N3/c1-9(2)15-8-13-10(3)7-11(4)16-14(13)17-12-5-6-12/h7,9,12,15H,5-6,8H2,1-4H3,(H,16,17). The Hall–Kier alpha value is -1.09. The summed E-state index contributed by atoms with van der Waals surface area (Å²) >= 11 is 0. The molecule has 0 atom stereocenters. The van der Waals surface area contributed by atoms with Crippen LogP contribution < -0.4 is 10.6 Å². The van der Waals surface area contributed by atoms with Crippen LogP contribution in [0.1, 0.15) is 43.5 Å². The van der Waals surface area contributed by atoms with Crippen LogP contribution in [0.2, 0.25) is 0 Å². The van der Waals surface area contributed by atoms with Crippen molar-refractivity contribution in [3.63, 3.8) is 0 Å². The number of aromatic nitrogens is 1. The maximum absolute atomic E-state index is 4.64. The Morgan fingerprint density at radius 3 is 2.65 bits per heavy atom. The van der Waals surface area contributed by atoms with Gasteiger partial charge in [-0.1, -0.05) is 13.8 Å². The SMILES string of the molecule is Cc1cc(C)c(CNC(C)C)c(NC2CC2)n1. The van der Waals surface area contributed by atoms with Crippen LogP contribution in [0.4, 0.5) is 5.82 Å². The maximum atomic E-state index is 4.64. The average Bonchev–Trinajstić information content (AvgIpc) is 2.99. The van der Waals surface area contributed by atoms with E-state index in [2.05, 4.69) is 49.4 Å². The van der Waals surface area contributed by atoms with Crippen LogP contribution in [0.3, 0.4) is 0 Å². The first-order valence-corrected chi connectivity index (χ1v) is 6.53. The Bertz CT molecular complexity index is 395. The molecule has 0 bridgehead atoms. The lowest BCUT2D eigenvalue weighted by Gasteiger charge is -2.16. The van der Waals surface area contributed by atoms with Crippen molar-refractivity contribution in [1.82, 2.24) is 10.3 Å². The summed E-state index contributed by atoms with van der Waals surface area (Å²) in [4.78, 5) is 4.64. The summed E-state index contributed by atoms with van der Waals surface area (Å²) in [6.07, 6.45) is 2.57. The van der Waals surface area contributed by atoms with Crippen LogP contribution in [0, 0.1) is 13.8 Å². The van der Waals surface area contributed by atoms with Gasteiger partial charge in [0.1, 0.15) is 5.82 Å². The van der Waals surface area contributed by atoms with Gasteiger partial charge in [-0.3, -0.25) is 0 Å². The van der Waals surface area contributed by atoms with E-state index in [-0.39, 0.29) is 0 Å². The van der Waals surface area contributed by atoms with Gasteiger partial charge in [0.2, 0.25) is 0 Å². The topological polar surface area (TPSA) is 37.0 Å². The molecule has 1 fully saturated rings. The molecule has 1 aliphatic carbocycles. The van der Waals surface area contributed by atoms with Gasteiger partial charge in [0.25, 0.3) is 0 Å². The molecule has 0 aromatic carbocycles. The van der Waals surface area contributed by atoms with Crippen molar-refractivity contribution >= 4 is 5.82 Å². The first-order valence-electron chi connectivity index (χ1n) is 6.53. The van der Waals surface area contributed by atoms with Gasteiger partial charge in [-0.05, 0) is 38.3 Å². The lowest BCUT2D eigenvalue weighted by Crippen LogP contribution is -2.23. The van der Waals surface area contributed by atoms with Gasteiger partial charge in [-0.25, -0.2) is 4.98 Å². The molecule has 3 heteroatoms. The van der Waals surface area contributed by atoms with Crippen LogP contribution in [0.25, 0.3) is 0 Å². The molecule has 0 amide bonds. The number of hydrogen-bond acceptors (Lipinski definition) is 3. The number of hydrogen-bond donors (Lipinski definition) is 2. The van der Waals surface area contributed by atoms with Gasteiger partial charge in [0.15, 0.2) is 0 Å². The highest BCUT2D eigenvalue weighted by molar-refractivity contribution is 5.50. The second-order valence-corrected chi connectivity index (χ2v) is 5.36. The molecule has 0 aliphatic heterocycles. The zero-order valence-electron chi connectivity index (χ0n) is 11.3. The first-order chi connectivity index (χ1) is 8.06.